The van der Waals surface area contributed by atoms with E-state index in [2.05, 4.69) is 15.6 Å². The molecule has 0 radical (unpaired) electrons. The number of hydrogen-bond acceptors (Lipinski definition) is 5. The average Bonchev–Trinajstić information content (AvgIpc) is 3.12. The fraction of sp³-hybridized carbons (Fsp3) is 0.150. The van der Waals surface area contributed by atoms with Crippen molar-refractivity contribution in [3.8, 4) is 11.3 Å². The zero-order valence-electron chi connectivity index (χ0n) is 14.9. The maximum absolute atomic E-state index is 12.4. The van der Waals surface area contributed by atoms with Crippen LogP contribution in [0.15, 0.2) is 64.3 Å². The number of carbonyl (C=O) groups excluding carboxylic acids is 2. The van der Waals surface area contributed by atoms with Gasteiger partial charge in [0.05, 0.1) is 10.9 Å². The number of nitrogens with zero attached hydrogens (tertiary/aromatic N) is 1. The third-order valence-electron chi connectivity index (χ3n) is 3.67. The van der Waals surface area contributed by atoms with Crippen LogP contribution in [-0.4, -0.2) is 22.0 Å². The first-order valence-corrected chi connectivity index (χ1v) is 10.1. The molecule has 2 N–H and O–H groups in total. The molecule has 2 amide bonds. The molecule has 138 valence electrons. The third-order valence-corrected chi connectivity index (χ3v) is 5.74. The van der Waals surface area contributed by atoms with Gasteiger partial charge in [0.1, 0.15) is 0 Å². The zero-order chi connectivity index (χ0) is 19.2. The number of anilines is 2. The van der Waals surface area contributed by atoms with Crippen LogP contribution in [0.25, 0.3) is 11.3 Å². The first-order chi connectivity index (χ1) is 13.0. The predicted molar refractivity (Wildman–Crippen MR) is 112 cm³/mol. The molecule has 1 aromatic heterocycles. The Bertz CT molecular complexity index is 924. The Kier molecular flexibility index (Phi) is 6.26. The number of nitrogens with one attached hydrogen (secondary N) is 2. The number of benzene rings is 2. The molecule has 0 aliphatic rings. The lowest BCUT2D eigenvalue weighted by Crippen LogP contribution is -2.22. The Morgan fingerprint density at radius 2 is 1.63 bits per heavy atom. The molecule has 0 bridgehead atoms. The van der Waals surface area contributed by atoms with Crippen molar-refractivity contribution < 1.29 is 9.59 Å². The zero-order valence-corrected chi connectivity index (χ0v) is 16.6. The summed E-state index contributed by atoms with van der Waals surface area (Å²) < 4.78 is 0.859. The minimum absolute atomic E-state index is 0.0938. The first-order valence-electron chi connectivity index (χ1n) is 8.37. The number of hydrogen-bond donors (Lipinski definition) is 2. The number of rotatable bonds is 6. The van der Waals surface area contributed by atoms with Crippen LogP contribution >= 0.6 is 23.1 Å². The molecule has 27 heavy (non-hydrogen) atoms. The highest BCUT2D eigenvalue weighted by molar-refractivity contribution is 8.02. The summed E-state index contributed by atoms with van der Waals surface area (Å²) in [5, 5.41) is 7.30. The molecule has 0 aliphatic heterocycles. The van der Waals surface area contributed by atoms with E-state index < -0.39 is 0 Å². The van der Waals surface area contributed by atoms with Crippen molar-refractivity contribution in [2.24, 2.45) is 0 Å². The SMILES string of the molecule is CC(=O)Nc1ccc(NC(=O)[C@@H](C)Sc2nc(-c3ccccc3)cs2)cc1. The molecule has 0 spiro atoms. The van der Waals surface area contributed by atoms with Gasteiger partial charge in [-0.15, -0.1) is 11.3 Å². The molecule has 3 aromatic rings. The standard InChI is InChI=1S/C20H19N3O2S2/c1-13(19(25)22-17-10-8-16(9-11-17)21-14(2)24)27-20-23-18(12-26-20)15-6-4-3-5-7-15/h3-13H,1-2H3,(H,21,24)(H,22,25)/t13-/m1/s1. The summed E-state index contributed by atoms with van der Waals surface area (Å²) in [6, 6.07) is 17.0. The largest absolute Gasteiger partial charge is 0.326 e. The normalized spacial score (nSPS) is 11.6. The van der Waals surface area contributed by atoms with Crippen LogP contribution in [0.5, 0.6) is 0 Å². The molecule has 1 atom stereocenters. The van der Waals surface area contributed by atoms with Gasteiger partial charge in [0.15, 0.2) is 4.34 Å². The molecule has 7 heteroatoms. The van der Waals surface area contributed by atoms with Crippen LogP contribution in [0.1, 0.15) is 13.8 Å². The van der Waals surface area contributed by atoms with E-state index in [4.69, 9.17) is 0 Å². The maximum Gasteiger partial charge on any atom is 0.237 e. The summed E-state index contributed by atoms with van der Waals surface area (Å²) in [6.07, 6.45) is 0. The van der Waals surface area contributed by atoms with E-state index in [1.807, 2.05) is 42.6 Å². The highest BCUT2D eigenvalue weighted by Crippen LogP contribution is 2.31. The summed E-state index contributed by atoms with van der Waals surface area (Å²) in [6.45, 7) is 3.31. The van der Waals surface area contributed by atoms with E-state index in [9.17, 15) is 9.59 Å². The maximum atomic E-state index is 12.4. The minimum atomic E-state index is -0.283. The molecule has 1 heterocycles. The van der Waals surface area contributed by atoms with E-state index in [1.165, 1.54) is 30.0 Å². The second-order valence-electron chi connectivity index (χ2n) is 5.87. The molecular weight excluding hydrogens is 378 g/mol. The summed E-state index contributed by atoms with van der Waals surface area (Å²) in [7, 11) is 0. The van der Waals surface area contributed by atoms with Crippen LogP contribution in [0, 0.1) is 0 Å². The van der Waals surface area contributed by atoms with Gasteiger partial charge in [0.25, 0.3) is 0 Å². The van der Waals surface area contributed by atoms with Crippen LogP contribution in [0.4, 0.5) is 11.4 Å². The lowest BCUT2D eigenvalue weighted by molar-refractivity contribution is -0.115. The smallest absolute Gasteiger partial charge is 0.237 e. The van der Waals surface area contributed by atoms with Gasteiger partial charge in [-0.2, -0.15) is 0 Å². The quantitative estimate of drug-likeness (QED) is 0.581. The van der Waals surface area contributed by atoms with Crippen molar-refractivity contribution in [1.82, 2.24) is 4.98 Å². The predicted octanol–water partition coefficient (Wildman–Crippen LogP) is 4.89. The monoisotopic (exact) mass is 397 g/mol. The molecule has 0 saturated carbocycles. The molecule has 5 nitrogen and oxygen atoms in total. The number of thioether (sulfide) groups is 1. The summed E-state index contributed by atoms with van der Waals surface area (Å²) >= 11 is 2.97. The van der Waals surface area contributed by atoms with Crippen LogP contribution in [0.2, 0.25) is 0 Å². The lowest BCUT2D eigenvalue weighted by Gasteiger charge is -2.11. The highest BCUT2D eigenvalue weighted by atomic mass is 32.2. The van der Waals surface area contributed by atoms with Crippen LogP contribution < -0.4 is 10.6 Å². The molecule has 0 saturated heterocycles. The topological polar surface area (TPSA) is 71.1 Å². The van der Waals surface area contributed by atoms with Crippen molar-refractivity contribution >= 4 is 46.3 Å². The summed E-state index contributed by atoms with van der Waals surface area (Å²) in [4.78, 5) is 28.1. The van der Waals surface area contributed by atoms with E-state index in [0.717, 1.165) is 15.6 Å². The Morgan fingerprint density at radius 3 is 2.26 bits per heavy atom. The lowest BCUT2D eigenvalue weighted by atomic mass is 10.2. The number of thiazole rings is 1. The second-order valence-corrected chi connectivity index (χ2v) is 8.32. The fourth-order valence-electron chi connectivity index (χ4n) is 2.34. The van der Waals surface area contributed by atoms with Gasteiger partial charge in [-0.05, 0) is 31.2 Å². The third kappa shape index (κ3) is 5.42. The van der Waals surface area contributed by atoms with Crippen molar-refractivity contribution in [3.63, 3.8) is 0 Å². The van der Waals surface area contributed by atoms with E-state index in [1.54, 1.807) is 24.3 Å². The summed E-state index contributed by atoms with van der Waals surface area (Å²) in [5.41, 5.74) is 3.37. The molecule has 3 rings (SSSR count). The molecule has 0 fully saturated rings. The Morgan fingerprint density at radius 1 is 1.00 bits per heavy atom. The van der Waals surface area contributed by atoms with Crippen molar-refractivity contribution in [1.29, 1.82) is 0 Å². The van der Waals surface area contributed by atoms with Gasteiger partial charge >= 0.3 is 0 Å². The van der Waals surface area contributed by atoms with Crippen LogP contribution in [0.3, 0.4) is 0 Å². The number of carbonyl (C=O) groups is 2. The second kappa shape index (κ2) is 8.83. The van der Waals surface area contributed by atoms with Gasteiger partial charge in [-0.1, -0.05) is 42.1 Å². The molecular formula is C20H19N3O2S2. The van der Waals surface area contributed by atoms with Gasteiger partial charge in [0, 0.05) is 29.2 Å². The van der Waals surface area contributed by atoms with E-state index >= 15 is 0 Å². The Balaban J connectivity index is 1.58. The first kappa shape index (κ1) is 19.1. The number of amides is 2. The summed E-state index contributed by atoms with van der Waals surface area (Å²) in [5.74, 6) is -0.223. The van der Waals surface area contributed by atoms with Crippen molar-refractivity contribution in [2.45, 2.75) is 23.4 Å². The Labute approximate surface area is 166 Å². The van der Waals surface area contributed by atoms with E-state index in [-0.39, 0.29) is 17.1 Å². The van der Waals surface area contributed by atoms with Gasteiger partial charge in [-0.25, -0.2) is 4.98 Å². The Hall–Kier alpha value is -2.64. The van der Waals surface area contributed by atoms with Crippen molar-refractivity contribution in [2.75, 3.05) is 10.6 Å². The van der Waals surface area contributed by atoms with Crippen LogP contribution in [-0.2, 0) is 9.59 Å². The fourth-order valence-corrected chi connectivity index (χ4v) is 4.31. The van der Waals surface area contributed by atoms with Crippen molar-refractivity contribution in [3.05, 3.63) is 60.0 Å². The molecule has 0 unspecified atom stereocenters. The molecule has 0 aliphatic carbocycles. The average molecular weight is 398 g/mol. The minimum Gasteiger partial charge on any atom is -0.326 e. The van der Waals surface area contributed by atoms with Gasteiger partial charge < -0.3 is 10.6 Å². The van der Waals surface area contributed by atoms with Gasteiger partial charge in [0.2, 0.25) is 11.8 Å². The van der Waals surface area contributed by atoms with Gasteiger partial charge in [-0.3, -0.25) is 9.59 Å². The molecule has 2 aromatic carbocycles. The number of aromatic nitrogens is 1. The highest BCUT2D eigenvalue weighted by Gasteiger charge is 2.17. The van der Waals surface area contributed by atoms with E-state index in [0.29, 0.717) is 11.4 Å².